The Labute approximate surface area is 82.1 Å². The quantitative estimate of drug-likeness (QED) is 0.402. The summed E-state index contributed by atoms with van der Waals surface area (Å²) in [6, 6.07) is 0. The van der Waals surface area contributed by atoms with Crippen LogP contribution in [0.15, 0.2) is 12.2 Å². The molecule has 0 spiro atoms. The normalized spacial score (nSPS) is 10.5. The van der Waals surface area contributed by atoms with Gasteiger partial charge in [-0.3, -0.25) is 4.79 Å². The van der Waals surface area contributed by atoms with Crippen LogP contribution >= 0.6 is 15.9 Å². The van der Waals surface area contributed by atoms with Crippen LogP contribution in [0.5, 0.6) is 0 Å². The highest BCUT2D eigenvalue weighted by molar-refractivity contribution is 9.09. The van der Waals surface area contributed by atoms with Crippen molar-refractivity contribution in [2.45, 2.75) is 26.2 Å². The predicted octanol–water partition coefficient (Wildman–Crippen LogP) is 2.67. The Bertz CT molecular complexity index is 143. The van der Waals surface area contributed by atoms with E-state index in [4.69, 9.17) is 4.74 Å². The zero-order chi connectivity index (χ0) is 9.23. The monoisotopic (exact) mass is 234 g/mol. The lowest BCUT2D eigenvalue weighted by Crippen LogP contribution is -2.04. The summed E-state index contributed by atoms with van der Waals surface area (Å²) in [5.74, 6) is -0.116. The highest BCUT2D eigenvalue weighted by Gasteiger charge is 1.98. The van der Waals surface area contributed by atoms with Crippen molar-refractivity contribution >= 4 is 21.9 Å². The van der Waals surface area contributed by atoms with Crippen molar-refractivity contribution in [3.8, 4) is 0 Å². The van der Waals surface area contributed by atoms with Gasteiger partial charge in [-0.1, -0.05) is 35.0 Å². The second-order valence-electron chi connectivity index (χ2n) is 2.36. The summed E-state index contributed by atoms with van der Waals surface area (Å²) in [7, 11) is 0. The number of alkyl halides is 1. The second-order valence-corrected chi connectivity index (χ2v) is 3.15. The molecule has 0 radical (unpaired) electrons. The van der Waals surface area contributed by atoms with Crippen LogP contribution in [0, 0.1) is 0 Å². The third-order valence-electron chi connectivity index (χ3n) is 1.26. The molecule has 0 heterocycles. The minimum atomic E-state index is -0.116. The molecule has 0 saturated heterocycles. The summed E-state index contributed by atoms with van der Waals surface area (Å²) in [6.45, 7) is 2.46. The number of allylic oxidation sites excluding steroid dienone is 1. The average Bonchev–Trinajstić information content (AvgIpc) is 2.09. The lowest BCUT2D eigenvalue weighted by atomic mass is 10.3. The van der Waals surface area contributed by atoms with Gasteiger partial charge < -0.3 is 4.74 Å². The first-order valence-electron chi connectivity index (χ1n) is 4.17. The molecule has 0 aromatic carbocycles. The van der Waals surface area contributed by atoms with E-state index in [0.29, 0.717) is 13.0 Å². The van der Waals surface area contributed by atoms with Crippen LogP contribution in [0.2, 0.25) is 0 Å². The first-order valence-corrected chi connectivity index (χ1v) is 5.30. The SMILES string of the molecule is CC/C=C\COC(=O)CCCBr. The van der Waals surface area contributed by atoms with Crippen LogP contribution in [-0.2, 0) is 9.53 Å². The van der Waals surface area contributed by atoms with Gasteiger partial charge in [0.05, 0.1) is 0 Å². The molecule has 70 valence electrons. The van der Waals surface area contributed by atoms with Crippen LogP contribution in [0.3, 0.4) is 0 Å². The fourth-order valence-corrected chi connectivity index (χ4v) is 0.939. The average molecular weight is 235 g/mol. The number of hydrogen-bond acceptors (Lipinski definition) is 2. The number of esters is 1. The highest BCUT2D eigenvalue weighted by Crippen LogP contribution is 1.96. The lowest BCUT2D eigenvalue weighted by Gasteiger charge is -1.99. The molecular formula is C9H15BrO2. The molecule has 0 aliphatic carbocycles. The maximum atomic E-state index is 10.9. The van der Waals surface area contributed by atoms with Gasteiger partial charge in [0.15, 0.2) is 0 Å². The van der Waals surface area contributed by atoms with Gasteiger partial charge in [-0.25, -0.2) is 0 Å². The Hall–Kier alpha value is -0.310. The first kappa shape index (κ1) is 11.7. The van der Waals surface area contributed by atoms with Crippen LogP contribution in [0.25, 0.3) is 0 Å². The second kappa shape index (κ2) is 8.78. The summed E-state index contributed by atoms with van der Waals surface area (Å²) in [5, 5.41) is 0.854. The van der Waals surface area contributed by atoms with E-state index < -0.39 is 0 Å². The van der Waals surface area contributed by atoms with Gasteiger partial charge >= 0.3 is 5.97 Å². The number of rotatable bonds is 6. The Morgan fingerprint density at radius 1 is 1.50 bits per heavy atom. The third-order valence-corrected chi connectivity index (χ3v) is 1.82. The van der Waals surface area contributed by atoms with Crippen molar-refractivity contribution in [2.24, 2.45) is 0 Å². The number of halogens is 1. The van der Waals surface area contributed by atoms with Gasteiger partial charge in [0.2, 0.25) is 0 Å². The van der Waals surface area contributed by atoms with Gasteiger partial charge in [0, 0.05) is 11.8 Å². The minimum Gasteiger partial charge on any atom is -0.461 e. The molecular weight excluding hydrogens is 220 g/mol. The zero-order valence-corrected chi connectivity index (χ0v) is 8.97. The van der Waals surface area contributed by atoms with Gasteiger partial charge in [-0.2, -0.15) is 0 Å². The largest absolute Gasteiger partial charge is 0.461 e. The number of carbonyl (C=O) groups excluding carboxylic acids is 1. The molecule has 0 atom stereocenters. The number of ether oxygens (including phenoxy) is 1. The van der Waals surface area contributed by atoms with Gasteiger partial charge in [0.1, 0.15) is 6.61 Å². The molecule has 0 saturated carbocycles. The van der Waals surface area contributed by atoms with Gasteiger partial charge in [0.25, 0.3) is 0 Å². The van der Waals surface area contributed by atoms with Crippen molar-refractivity contribution in [3.05, 3.63) is 12.2 Å². The van der Waals surface area contributed by atoms with E-state index in [0.717, 1.165) is 18.2 Å². The molecule has 0 fully saturated rings. The summed E-state index contributed by atoms with van der Waals surface area (Å²) < 4.78 is 4.90. The molecule has 0 aliphatic heterocycles. The molecule has 0 aromatic heterocycles. The van der Waals surface area contributed by atoms with E-state index in [-0.39, 0.29) is 5.97 Å². The van der Waals surface area contributed by atoms with E-state index in [1.54, 1.807) is 0 Å². The van der Waals surface area contributed by atoms with Crippen molar-refractivity contribution in [1.29, 1.82) is 0 Å². The van der Waals surface area contributed by atoms with Crippen LogP contribution in [0.1, 0.15) is 26.2 Å². The van der Waals surface area contributed by atoms with Crippen LogP contribution in [-0.4, -0.2) is 17.9 Å². The van der Waals surface area contributed by atoms with Crippen molar-refractivity contribution < 1.29 is 9.53 Å². The fourth-order valence-electron chi connectivity index (χ4n) is 0.659. The summed E-state index contributed by atoms with van der Waals surface area (Å²) in [4.78, 5) is 10.9. The summed E-state index contributed by atoms with van der Waals surface area (Å²) in [5.41, 5.74) is 0. The topological polar surface area (TPSA) is 26.3 Å². The maximum Gasteiger partial charge on any atom is 0.306 e. The Kier molecular flexibility index (Phi) is 8.56. The predicted molar refractivity (Wildman–Crippen MR) is 53.4 cm³/mol. The first-order chi connectivity index (χ1) is 5.81. The smallest absolute Gasteiger partial charge is 0.306 e. The standard InChI is InChI=1S/C9H15BrO2/c1-2-3-4-8-12-9(11)6-5-7-10/h3-4H,2,5-8H2,1H3/b4-3-. The van der Waals surface area contributed by atoms with E-state index in [1.165, 1.54) is 0 Å². The molecule has 0 rings (SSSR count). The van der Waals surface area contributed by atoms with Gasteiger partial charge in [-0.05, 0) is 12.8 Å². The summed E-state index contributed by atoms with van der Waals surface area (Å²) >= 11 is 3.25. The molecule has 12 heavy (non-hydrogen) atoms. The van der Waals surface area contributed by atoms with Gasteiger partial charge in [-0.15, -0.1) is 0 Å². The van der Waals surface area contributed by atoms with E-state index >= 15 is 0 Å². The van der Waals surface area contributed by atoms with E-state index in [9.17, 15) is 4.79 Å². The van der Waals surface area contributed by atoms with Crippen molar-refractivity contribution in [3.63, 3.8) is 0 Å². The molecule has 0 aliphatic rings. The minimum absolute atomic E-state index is 0.116. The Balaban J connectivity index is 3.25. The van der Waals surface area contributed by atoms with Crippen molar-refractivity contribution in [2.75, 3.05) is 11.9 Å². The number of carbonyl (C=O) groups is 1. The fraction of sp³-hybridized carbons (Fsp3) is 0.667. The Morgan fingerprint density at radius 3 is 2.83 bits per heavy atom. The molecule has 0 amide bonds. The summed E-state index contributed by atoms with van der Waals surface area (Å²) in [6.07, 6.45) is 6.18. The highest BCUT2D eigenvalue weighted by atomic mass is 79.9. The lowest BCUT2D eigenvalue weighted by molar-refractivity contribution is -0.142. The molecule has 0 aromatic rings. The number of hydrogen-bond donors (Lipinski definition) is 0. The molecule has 0 N–H and O–H groups in total. The molecule has 3 heteroatoms. The maximum absolute atomic E-state index is 10.9. The third kappa shape index (κ3) is 7.79. The zero-order valence-electron chi connectivity index (χ0n) is 7.38. The van der Waals surface area contributed by atoms with Crippen LogP contribution < -0.4 is 0 Å². The van der Waals surface area contributed by atoms with E-state index in [1.807, 2.05) is 19.1 Å². The molecule has 0 unspecified atom stereocenters. The van der Waals surface area contributed by atoms with E-state index in [2.05, 4.69) is 15.9 Å². The van der Waals surface area contributed by atoms with Crippen LogP contribution in [0.4, 0.5) is 0 Å². The molecule has 2 nitrogen and oxygen atoms in total. The Morgan fingerprint density at radius 2 is 2.25 bits per heavy atom. The molecule has 0 bridgehead atoms. The van der Waals surface area contributed by atoms with Crippen molar-refractivity contribution in [1.82, 2.24) is 0 Å².